The maximum absolute atomic E-state index is 12.4. The normalized spacial score (nSPS) is 26.8. The van der Waals surface area contributed by atoms with Crippen LogP contribution in [0.15, 0.2) is 44.7 Å². The Morgan fingerprint density at radius 1 is 1.35 bits per heavy atom. The molecule has 2 aliphatic rings. The van der Waals surface area contributed by atoms with Crippen LogP contribution in [0.25, 0.3) is 0 Å². The Labute approximate surface area is 138 Å². The number of nitrogens with one attached hydrogen (secondary N) is 1. The van der Waals surface area contributed by atoms with Crippen molar-refractivity contribution in [1.29, 1.82) is 0 Å². The number of fused-ring (bicyclic) bond motifs is 2. The standard InChI is InChI=1S/C15H16N2O4S2/c18-15(10-3-4-21-9-10)17-8-11-6-12(17)7-13(11)16-23(19,20)14-2-1-5-22-14/h1-5,9,11-13,16H,6-8H2. The monoisotopic (exact) mass is 352 g/mol. The van der Waals surface area contributed by atoms with Gasteiger partial charge in [-0.1, -0.05) is 6.07 Å². The van der Waals surface area contributed by atoms with Gasteiger partial charge in [0.15, 0.2) is 0 Å². The Balaban J connectivity index is 1.44. The van der Waals surface area contributed by atoms with Gasteiger partial charge in [0.05, 0.1) is 11.8 Å². The highest BCUT2D eigenvalue weighted by Crippen LogP contribution is 2.39. The summed E-state index contributed by atoms with van der Waals surface area (Å²) in [4.78, 5) is 14.2. The van der Waals surface area contributed by atoms with Crippen LogP contribution in [0.4, 0.5) is 0 Å². The van der Waals surface area contributed by atoms with Gasteiger partial charge in [0.25, 0.3) is 5.91 Å². The van der Waals surface area contributed by atoms with Crippen LogP contribution >= 0.6 is 11.3 Å². The van der Waals surface area contributed by atoms with Gasteiger partial charge in [0.2, 0.25) is 10.0 Å². The molecule has 4 rings (SSSR count). The molecule has 23 heavy (non-hydrogen) atoms. The summed E-state index contributed by atoms with van der Waals surface area (Å²) < 4.78 is 32.8. The number of likely N-dealkylation sites (tertiary alicyclic amines) is 1. The second kappa shape index (κ2) is 5.47. The third-order valence-corrected chi connectivity index (χ3v) is 7.52. The van der Waals surface area contributed by atoms with Crippen molar-refractivity contribution in [3.8, 4) is 0 Å². The summed E-state index contributed by atoms with van der Waals surface area (Å²) in [5, 5.41) is 1.75. The van der Waals surface area contributed by atoms with E-state index in [1.807, 2.05) is 4.90 Å². The van der Waals surface area contributed by atoms with Gasteiger partial charge in [0, 0.05) is 18.6 Å². The lowest BCUT2D eigenvalue weighted by Gasteiger charge is -2.31. The van der Waals surface area contributed by atoms with Gasteiger partial charge in [-0.05, 0) is 36.3 Å². The number of nitrogens with zero attached hydrogens (tertiary/aromatic N) is 1. The average Bonchev–Trinajstić information content (AvgIpc) is 3.27. The summed E-state index contributed by atoms with van der Waals surface area (Å²) >= 11 is 1.21. The van der Waals surface area contributed by atoms with Crippen molar-refractivity contribution in [2.24, 2.45) is 5.92 Å². The molecule has 1 saturated carbocycles. The molecular formula is C15H16N2O4S2. The lowest BCUT2D eigenvalue weighted by atomic mass is 10.0. The predicted octanol–water partition coefficient (Wildman–Crippen LogP) is 1.92. The fourth-order valence-corrected chi connectivity index (χ4v) is 5.90. The zero-order valence-electron chi connectivity index (χ0n) is 12.2. The molecule has 1 aliphatic carbocycles. The van der Waals surface area contributed by atoms with Crippen LogP contribution in [0.3, 0.4) is 0 Å². The number of amides is 1. The topological polar surface area (TPSA) is 79.6 Å². The highest BCUT2D eigenvalue weighted by atomic mass is 32.2. The molecule has 3 atom stereocenters. The van der Waals surface area contributed by atoms with Gasteiger partial charge in [0.1, 0.15) is 10.5 Å². The lowest BCUT2D eigenvalue weighted by Crippen LogP contribution is -2.47. The number of thiophene rings is 1. The van der Waals surface area contributed by atoms with Gasteiger partial charge in [-0.2, -0.15) is 0 Å². The number of piperidine rings is 1. The number of hydrogen-bond acceptors (Lipinski definition) is 5. The van der Waals surface area contributed by atoms with Crippen LogP contribution < -0.4 is 4.72 Å². The van der Waals surface area contributed by atoms with E-state index in [4.69, 9.17) is 4.42 Å². The quantitative estimate of drug-likeness (QED) is 0.912. The van der Waals surface area contributed by atoms with Crippen LogP contribution in [0.5, 0.6) is 0 Å². The molecule has 0 radical (unpaired) electrons. The molecule has 1 amide bonds. The highest BCUT2D eigenvalue weighted by Gasteiger charge is 2.47. The Morgan fingerprint density at radius 3 is 2.83 bits per heavy atom. The molecule has 3 heterocycles. The molecule has 1 N–H and O–H groups in total. The average molecular weight is 352 g/mol. The first kappa shape index (κ1) is 14.9. The van der Waals surface area contributed by atoms with Crippen LogP contribution in [0.1, 0.15) is 23.2 Å². The number of furan rings is 1. The number of hydrogen-bond donors (Lipinski definition) is 1. The minimum absolute atomic E-state index is 0.0363. The van der Waals surface area contributed by atoms with Gasteiger partial charge < -0.3 is 9.32 Å². The first-order valence-corrected chi connectivity index (χ1v) is 9.80. The summed E-state index contributed by atoms with van der Waals surface area (Å²) in [5.74, 6) is 0.136. The maximum Gasteiger partial charge on any atom is 0.257 e. The van der Waals surface area contributed by atoms with Crippen molar-refractivity contribution < 1.29 is 17.6 Å². The van der Waals surface area contributed by atoms with Crippen molar-refractivity contribution in [2.75, 3.05) is 6.54 Å². The summed E-state index contributed by atoms with van der Waals surface area (Å²) in [5.41, 5.74) is 0.549. The van der Waals surface area contributed by atoms with Gasteiger partial charge >= 0.3 is 0 Å². The molecule has 6 nitrogen and oxygen atoms in total. The number of rotatable bonds is 4. The van der Waals surface area contributed by atoms with Crippen LogP contribution in [0, 0.1) is 5.92 Å². The maximum atomic E-state index is 12.4. The second-order valence-electron chi connectivity index (χ2n) is 6.01. The highest BCUT2D eigenvalue weighted by molar-refractivity contribution is 7.91. The summed E-state index contributed by atoms with van der Waals surface area (Å²) in [6.45, 7) is 0.590. The second-order valence-corrected chi connectivity index (χ2v) is 8.90. The van der Waals surface area contributed by atoms with E-state index in [1.54, 1.807) is 23.6 Å². The smallest absolute Gasteiger partial charge is 0.257 e. The molecule has 0 spiro atoms. The SMILES string of the molecule is O=C(c1ccoc1)N1CC2CC1CC2NS(=O)(=O)c1cccs1. The van der Waals surface area contributed by atoms with E-state index in [0.29, 0.717) is 22.7 Å². The molecule has 3 unspecified atom stereocenters. The van der Waals surface area contributed by atoms with Crippen molar-refractivity contribution in [1.82, 2.24) is 9.62 Å². The predicted molar refractivity (Wildman–Crippen MR) is 84.7 cm³/mol. The Kier molecular flexibility index (Phi) is 3.55. The largest absolute Gasteiger partial charge is 0.472 e. The van der Waals surface area contributed by atoms with Crippen molar-refractivity contribution in [2.45, 2.75) is 29.1 Å². The van der Waals surface area contributed by atoms with E-state index in [2.05, 4.69) is 4.72 Å². The molecule has 2 aromatic rings. The fraction of sp³-hybridized carbons (Fsp3) is 0.400. The minimum atomic E-state index is -3.45. The molecule has 1 saturated heterocycles. The van der Waals surface area contributed by atoms with E-state index in [9.17, 15) is 13.2 Å². The zero-order chi connectivity index (χ0) is 16.0. The van der Waals surface area contributed by atoms with Gasteiger partial charge in [-0.3, -0.25) is 4.79 Å². The minimum Gasteiger partial charge on any atom is -0.472 e. The van der Waals surface area contributed by atoms with E-state index in [0.717, 1.165) is 6.42 Å². The number of sulfonamides is 1. The van der Waals surface area contributed by atoms with Crippen LogP contribution in [-0.4, -0.2) is 37.9 Å². The Morgan fingerprint density at radius 2 is 2.22 bits per heavy atom. The fourth-order valence-electron chi connectivity index (χ4n) is 3.57. The van der Waals surface area contributed by atoms with Crippen LogP contribution in [0.2, 0.25) is 0 Å². The third kappa shape index (κ3) is 2.60. The van der Waals surface area contributed by atoms with Crippen molar-refractivity contribution >= 4 is 27.3 Å². The summed E-state index contributed by atoms with van der Waals surface area (Å²) in [6.07, 6.45) is 4.45. The molecule has 2 fully saturated rings. The lowest BCUT2D eigenvalue weighted by molar-refractivity contribution is 0.0690. The number of carbonyl (C=O) groups is 1. The number of carbonyl (C=O) groups excluding carboxylic acids is 1. The molecule has 1 aliphatic heterocycles. The first-order chi connectivity index (χ1) is 11.0. The molecule has 2 aromatic heterocycles. The van der Waals surface area contributed by atoms with Crippen molar-refractivity contribution in [3.05, 3.63) is 41.7 Å². The van der Waals surface area contributed by atoms with Crippen LogP contribution in [-0.2, 0) is 10.0 Å². The van der Waals surface area contributed by atoms with E-state index in [1.165, 1.54) is 23.9 Å². The summed E-state index contributed by atoms with van der Waals surface area (Å²) in [6, 6.07) is 4.99. The van der Waals surface area contributed by atoms with Crippen molar-refractivity contribution in [3.63, 3.8) is 0 Å². The first-order valence-electron chi connectivity index (χ1n) is 7.43. The zero-order valence-corrected chi connectivity index (χ0v) is 13.8. The molecule has 122 valence electrons. The summed E-state index contributed by atoms with van der Waals surface area (Å²) in [7, 11) is -3.45. The molecule has 2 bridgehead atoms. The molecule has 8 heteroatoms. The van der Waals surface area contributed by atoms with E-state index >= 15 is 0 Å². The Hall–Kier alpha value is -1.64. The van der Waals surface area contributed by atoms with E-state index < -0.39 is 10.0 Å². The van der Waals surface area contributed by atoms with E-state index in [-0.39, 0.29) is 23.9 Å². The third-order valence-electron chi connectivity index (χ3n) is 4.64. The molecular weight excluding hydrogens is 336 g/mol. The molecule has 0 aromatic carbocycles. The van der Waals surface area contributed by atoms with Gasteiger partial charge in [-0.25, -0.2) is 13.1 Å². The van der Waals surface area contributed by atoms with Gasteiger partial charge in [-0.15, -0.1) is 11.3 Å². The Bertz CT molecular complexity index is 799.